The molecule has 0 bridgehead atoms. The fourth-order valence-electron chi connectivity index (χ4n) is 3.88. The zero-order valence-electron chi connectivity index (χ0n) is 19.2. The van der Waals surface area contributed by atoms with Gasteiger partial charge in [0, 0.05) is 15.4 Å². The minimum atomic E-state index is -0.325. The van der Waals surface area contributed by atoms with Crippen LogP contribution >= 0.6 is 27.7 Å². The summed E-state index contributed by atoms with van der Waals surface area (Å²) < 4.78 is 13.0. The first-order chi connectivity index (χ1) is 17.6. The van der Waals surface area contributed by atoms with E-state index in [1.807, 2.05) is 91.0 Å². The number of rotatable bonds is 8. The Morgan fingerprint density at radius 1 is 0.806 bits per heavy atom. The van der Waals surface area contributed by atoms with E-state index in [0.717, 1.165) is 43.9 Å². The van der Waals surface area contributed by atoms with Crippen LogP contribution in [0.15, 0.2) is 100 Å². The zero-order valence-corrected chi connectivity index (χ0v) is 21.6. The summed E-state index contributed by atoms with van der Waals surface area (Å²) in [4.78, 5) is 27.2. The molecule has 1 fully saturated rings. The van der Waals surface area contributed by atoms with E-state index in [0.29, 0.717) is 17.3 Å². The largest absolute Gasteiger partial charge is 0.491 e. The number of halogens is 1. The number of hydrogen-bond donors (Lipinski definition) is 0. The van der Waals surface area contributed by atoms with E-state index >= 15 is 0 Å². The Morgan fingerprint density at radius 2 is 1.53 bits per heavy atom. The quantitative estimate of drug-likeness (QED) is 0.212. The van der Waals surface area contributed by atoms with Crippen molar-refractivity contribution in [1.82, 2.24) is 4.90 Å². The number of nitrogens with zero attached hydrogens (tertiary/aromatic N) is 1. The molecular formula is C29H22BrNO4S. The highest BCUT2D eigenvalue weighted by Gasteiger charge is 2.35. The Morgan fingerprint density at radius 3 is 2.39 bits per heavy atom. The fourth-order valence-corrected chi connectivity index (χ4v) is 5.00. The number of amides is 2. The van der Waals surface area contributed by atoms with Crippen LogP contribution < -0.4 is 9.47 Å². The van der Waals surface area contributed by atoms with E-state index in [9.17, 15) is 9.59 Å². The van der Waals surface area contributed by atoms with Crippen LogP contribution in [0.25, 0.3) is 16.8 Å². The van der Waals surface area contributed by atoms with Crippen LogP contribution in [-0.2, 0) is 11.4 Å². The van der Waals surface area contributed by atoms with Crippen LogP contribution in [-0.4, -0.2) is 29.2 Å². The second kappa shape index (κ2) is 11.0. The van der Waals surface area contributed by atoms with Crippen LogP contribution in [0.4, 0.5) is 4.79 Å². The first-order valence-electron chi connectivity index (χ1n) is 11.4. The predicted molar refractivity (Wildman–Crippen MR) is 147 cm³/mol. The van der Waals surface area contributed by atoms with Gasteiger partial charge in [-0.15, -0.1) is 0 Å². The molecule has 7 heteroatoms. The van der Waals surface area contributed by atoms with Crippen LogP contribution in [0.3, 0.4) is 0 Å². The molecule has 36 heavy (non-hydrogen) atoms. The number of fused-ring (bicyclic) bond motifs is 1. The first kappa shape index (κ1) is 24.2. The van der Waals surface area contributed by atoms with Gasteiger partial charge >= 0.3 is 0 Å². The molecule has 5 nitrogen and oxygen atoms in total. The molecule has 0 aromatic heterocycles. The van der Waals surface area contributed by atoms with Gasteiger partial charge in [0.05, 0.1) is 11.4 Å². The van der Waals surface area contributed by atoms with Gasteiger partial charge in [-0.3, -0.25) is 14.5 Å². The summed E-state index contributed by atoms with van der Waals surface area (Å²) in [7, 11) is 0. The lowest BCUT2D eigenvalue weighted by Crippen LogP contribution is -2.32. The molecule has 0 N–H and O–H groups in total. The molecule has 1 aliphatic heterocycles. The average Bonchev–Trinajstić information content (AvgIpc) is 3.16. The predicted octanol–water partition coefficient (Wildman–Crippen LogP) is 7.30. The minimum Gasteiger partial charge on any atom is -0.491 e. The molecule has 0 radical (unpaired) electrons. The van der Waals surface area contributed by atoms with Crippen LogP contribution in [0.2, 0.25) is 0 Å². The van der Waals surface area contributed by atoms with Crippen molar-refractivity contribution in [3.63, 3.8) is 0 Å². The summed E-state index contributed by atoms with van der Waals surface area (Å²) >= 11 is 4.36. The van der Waals surface area contributed by atoms with Crippen molar-refractivity contribution >= 4 is 55.7 Å². The number of carbonyl (C=O) groups excluding carboxylic acids is 2. The zero-order chi connectivity index (χ0) is 24.9. The molecule has 5 rings (SSSR count). The second-order valence-corrected chi connectivity index (χ2v) is 10.0. The lowest BCUT2D eigenvalue weighted by atomic mass is 10.1. The van der Waals surface area contributed by atoms with Crippen molar-refractivity contribution in [1.29, 1.82) is 0 Å². The number of ether oxygens (including phenoxy) is 2. The highest BCUT2D eigenvalue weighted by atomic mass is 79.9. The Bertz CT molecular complexity index is 1450. The van der Waals surface area contributed by atoms with Crippen molar-refractivity contribution in [2.24, 2.45) is 0 Å². The smallest absolute Gasteiger partial charge is 0.293 e. The van der Waals surface area contributed by atoms with Gasteiger partial charge in [0.1, 0.15) is 24.7 Å². The maximum absolute atomic E-state index is 13.0. The van der Waals surface area contributed by atoms with Gasteiger partial charge in [0.2, 0.25) is 0 Å². The number of para-hydroxylation sites is 1. The molecule has 1 saturated heterocycles. The van der Waals surface area contributed by atoms with Crippen molar-refractivity contribution in [3.05, 3.63) is 112 Å². The molecule has 1 aliphatic rings. The Kier molecular flexibility index (Phi) is 7.39. The third kappa shape index (κ3) is 5.48. The van der Waals surface area contributed by atoms with Gasteiger partial charge in [0.25, 0.3) is 11.1 Å². The standard InChI is InChI=1S/C29H22BrNO4S/c30-23-14-12-20(13-15-23)19-35-25-10-4-2-7-22(25)18-27-28(32)31(29(33)36-27)16-17-34-26-11-5-8-21-6-1-3-9-24(21)26/h1-15,18H,16-17,19H2/b27-18-. The number of hydrogen-bond acceptors (Lipinski definition) is 5. The van der Waals surface area contributed by atoms with Crippen molar-refractivity contribution in [2.75, 3.05) is 13.2 Å². The molecule has 0 saturated carbocycles. The topological polar surface area (TPSA) is 55.8 Å². The van der Waals surface area contributed by atoms with Gasteiger partial charge in [-0.05, 0) is 53.1 Å². The molecule has 180 valence electrons. The summed E-state index contributed by atoms with van der Waals surface area (Å²) in [5.74, 6) is 1.05. The van der Waals surface area contributed by atoms with E-state index < -0.39 is 0 Å². The normalized spacial score (nSPS) is 14.6. The highest BCUT2D eigenvalue weighted by molar-refractivity contribution is 9.10. The molecule has 4 aromatic rings. The van der Waals surface area contributed by atoms with Gasteiger partial charge < -0.3 is 9.47 Å². The first-order valence-corrected chi connectivity index (χ1v) is 13.0. The molecule has 0 atom stereocenters. The van der Waals surface area contributed by atoms with E-state index in [1.54, 1.807) is 6.08 Å². The van der Waals surface area contributed by atoms with E-state index in [2.05, 4.69) is 15.9 Å². The number of imide groups is 1. The lowest BCUT2D eigenvalue weighted by Gasteiger charge is -2.14. The van der Waals surface area contributed by atoms with Gasteiger partial charge in [-0.25, -0.2) is 0 Å². The minimum absolute atomic E-state index is 0.174. The summed E-state index contributed by atoms with van der Waals surface area (Å²) in [5, 5.41) is 1.76. The van der Waals surface area contributed by atoms with Crippen molar-refractivity contribution in [3.8, 4) is 11.5 Å². The molecule has 4 aromatic carbocycles. The molecule has 0 unspecified atom stereocenters. The molecule has 0 spiro atoms. The van der Waals surface area contributed by atoms with E-state index in [4.69, 9.17) is 9.47 Å². The van der Waals surface area contributed by atoms with Crippen LogP contribution in [0.1, 0.15) is 11.1 Å². The number of benzene rings is 4. The highest BCUT2D eigenvalue weighted by Crippen LogP contribution is 2.34. The van der Waals surface area contributed by atoms with Crippen molar-refractivity contribution in [2.45, 2.75) is 6.61 Å². The maximum atomic E-state index is 13.0. The van der Waals surface area contributed by atoms with Crippen molar-refractivity contribution < 1.29 is 19.1 Å². The molecule has 0 aliphatic carbocycles. The summed E-state index contributed by atoms with van der Waals surface area (Å²) in [5.41, 5.74) is 1.77. The average molecular weight is 560 g/mol. The Balaban J connectivity index is 1.25. The molecule has 1 heterocycles. The SMILES string of the molecule is O=C1S/C(=C\c2ccccc2OCc2ccc(Br)cc2)C(=O)N1CCOc1cccc2ccccc12. The number of carbonyl (C=O) groups is 2. The summed E-state index contributed by atoms with van der Waals surface area (Å²) in [6, 6.07) is 29.1. The fraction of sp³-hybridized carbons (Fsp3) is 0.103. The van der Waals surface area contributed by atoms with Crippen LogP contribution in [0, 0.1) is 0 Å². The molecular weight excluding hydrogens is 538 g/mol. The second-order valence-electron chi connectivity index (χ2n) is 8.11. The number of thioether (sulfide) groups is 1. The summed E-state index contributed by atoms with van der Waals surface area (Å²) in [6.45, 7) is 0.782. The monoisotopic (exact) mass is 559 g/mol. The van der Waals surface area contributed by atoms with E-state index in [-0.39, 0.29) is 24.3 Å². The van der Waals surface area contributed by atoms with Gasteiger partial charge in [-0.1, -0.05) is 82.7 Å². The Labute approximate surface area is 221 Å². The Hall–Kier alpha value is -3.55. The van der Waals surface area contributed by atoms with Gasteiger partial charge in [-0.2, -0.15) is 0 Å². The third-order valence-corrected chi connectivity index (χ3v) is 7.14. The maximum Gasteiger partial charge on any atom is 0.293 e. The van der Waals surface area contributed by atoms with Gasteiger partial charge in [0.15, 0.2) is 0 Å². The lowest BCUT2D eigenvalue weighted by molar-refractivity contribution is -0.123. The van der Waals surface area contributed by atoms with E-state index in [1.165, 1.54) is 4.90 Å². The van der Waals surface area contributed by atoms with Crippen LogP contribution in [0.5, 0.6) is 11.5 Å². The molecule has 2 amide bonds. The third-order valence-electron chi connectivity index (χ3n) is 5.71. The summed E-state index contributed by atoms with van der Waals surface area (Å²) in [6.07, 6.45) is 1.72.